The summed E-state index contributed by atoms with van der Waals surface area (Å²) >= 11 is 5.84. The van der Waals surface area contributed by atoms with Crippen molar-refractivity contribution in [3.05, 3.63) is 35.5 Å². The van der Waals surface area contributed by atoms with Gasteiger partial charge in [0.05, 0.1) is 24.4 Å². The Balaban J connectivity index is 2.23. The Morgan fingerprint density at radius 1 is 1.32 bits per heavy atom. The highest BCUT2D eigenvalue weighted by molar-refractivity contribution is 6.28. The molecule has 0 amide bonds. The first kappa shape index (κ1) is 11.9. The number of hydrogen-bond acceptors (Lipinski definition) is 4. The Hall–Kier alpha value is -2.21. The summed E-state index contributed by atoms with van der Waals surface area (Å²) in [5, 5.41) is 7.33. The Labute approximate surface area is 112 Å². The van der Waals surface area contributed by atoms with E-state index in [9.17, 15) is 4.39 Å². The third-order valence-corrected chi connectivity index (χ3v) is 2.88. The summed E-state index contributed by atoms with van der Waals surface area (Å²) in [6.45, 7) is 0. The maximum absolute atomic E-state index is 13.7. The van der Waals surface area contributed by atoms with Gasteiger partial charge >= 0.3 is 0 Å². The SMILES string of the molecule is COc1ccc(-c2nc(Cl)nc3[nH]ncc23)cc1F. The molecule has 0 unspecified atom stereocenters. The molecule has 7 heteroatoms. The number of halogens is 2. The first-order chi connectivity index (χ1) is 9.19. The van der Waals surface area contributed by atoms with Crippen LogP contribution in [0.25, 0.3) is 22.3 Å². The summed E-state index contributed by atoms with van der Waals surface area (Å²) in [4.78, 5) is 8.12. The van der Waals surface area contributed by atoms with Crippen LogP contribution in [0.3, 0.4) is 0 Å². The van der Waals surface area contributed by atoms with Crippen LogP contribution in [-0.2, 0) is 0 Å². The van der Waals surface area contributed by atoms with Gasteiger partial charge in [-0.1, -0.05) is 0 Å². The molecule has 3 rings (SSSR count). The average Bonchev–Trinajstić information content (AvgIpc) is 2.85. The fourth-order valence-electron chi connectivity index (χ4n) is 1.84. The molecule has 0 radical (unpaired) electrons. The molecule has 5 nitrogen and oxygen atoms in total. The predicted molar refractivity (Wildman–Crippen MR) is 68.6 cm³/mol. The molecule has 0 fully saturated rings. The molecule has 2 heterocycles. The molecular weight excluding hydrogens is 271 g/mol. The summed E-state index contributed by atoms with van der Waals surface area (Å²) in [5.74, 6) is -0.293. The number of aromatic nitrogens is 4. The number of hydrogen-bond donors (Lipinski definition) is 1. The van der Waals surface area contributed by atoms with Gasteiger partial charge in [-0.15, -0.1) is 0 Å². The van der Waals surface area contributed by atoms with E-state index in [0.717, 1.165) is 0 Å². The second-order valence-corrected chi connectivity index (χ2v) is 4.16. The van der Waals surface area contributed by atoms with E-state index in [1.165, 1.54) is 19.2 Å². The van der Waals surface area contributed by atoms with Crippen LogP contribution in [0.2, 0.25) is 5.28 Å². The van der Waals surface area contributed by atoms with Crippen LogP contribution in [-0.4, -0.2) is 27.3 Å². The van der Waals surface area contributed by atoms with Crippen molar-refractivity contribution >= 4 is 22.6 Å². The van der Waals surface area contributed by atoms with Crippen LogP contribution in [0.4, 0.5) is 4.39 Å². The fourth-order valence-corrected chi connectivity index (χ4v) is 2.01. The summed E-state index contributed by atoms with van der Waals surface area (Å²) in [5.41, 5.74) is 1.60. The van der Waals surface area contributed by atoms with Crippen LogP contribution in [0.1, 0.15) is 0 Å². The van der Waals surface area contributed by atoms with E-state index >= 15 is 0 Å². The Bertz CT molecular complexity index is 759. The minimum absolute atomic E-state index is 0.0722. The number of rotatable bonds is 2. The van der Waals surface area contributed by atoms with Crippen molar-refractivity contribution in [1.29, 1.82) is 0 Å². The molecule has 0 bridgehead atoms. The van der Waals surface area contributed by atoms with E-state index in [-0.39, 0.29) is 11.0 Å². The monoisotopic (exact) mass is 278 g/mol. The van der Waals surface area contributed by atoms with E-state index in [2.05, 4.69) is 20.2 Å². The van der Waals surface area contributed by atoms with Crippen LogP contribution in [0, 0.1) is 5.82 Å². The second kappa shape index (κ2) is 4.47. The minimum Gasteiger partial charge on any atom is -0.494 e. The number of methoxy groups -OCH3 is 1. The maximum Gasteiger partial charge on any atom is 0.224 e. The van der Waals surface area contributed by atoms with Crippen LogP contribution in [0.15, 0.2) is 24.4 Å². The van der Waals surface area contributed by atoms with Crippen molar-refractivity contribution < 1.29 is 9.13 Å². The third-order valence-electron chi connectivity index (χ3n) is 2.71. The normalized spacial score (nSPS) is 10.9. The summed E-state index contributed by atoms with van der Waals surface area (Å²) in [6, 6.07) is 4.57. The fraction of sp³-hybridized carbons (Fsp3) is 0.0833. The van der Waals surface area contributed by atoms with Gasteiger partial charge in [-0.25, -0.2) is 9.37 Å². The standard InChI is InChI=1S/C12H8ClFN4O/c1-19-9-3-2-6(4-8(9)14)10-7-5-15-18-11(7)17-12(13)16-10/h2-5H,1H3,(H,15,16,17,18). The average molecular weight is 279 g/mol. The summed E-state index contributed by atoms with van der Waals surface area (Å²) < 4.78 is 18.6. The molecule has 0 aliphatic rings. The highest BCUT2D eigenvalue weighted by atomic mass is 35.5. The maximum atomic E-state index is 13.7. The van der Waals surface area contributed by atoms with E-state index < -0.39 is 5.82 Å². The number of nitrogens with one attached hydrogen (secondary N) is 1. The number of ether oxygens (including phenoxy) is 1. The Kier molecular flexibility index (Phi) is 2.79. The van der Waals surface area contributed by atoms with Crippen molar-refractivity contribution in [1.82, 2.24) is 20.2 Å². The first-order valence-electron chi connectivity index (χ1n) is 5.39. The topological polar surface area (TPSA) is 63.7 Å². The summed E-state index contributed by atoms with van der Waals surface area (Å²) in [7, 11) is 1.41. The van der Waals surface area contributed by atoms with Gasteiger partial charge < -0.3 is 4.74 Å². The van der Waals surface area contributed by atoms with Crippen LogP contribution in [0.5, 0.6) is 5.75 Å². The number of aromatic amines is 1. The molecule has 0 atom stereocenters. The van der Waals surface area contributed by atoms with Crippen molar-refractivity contribution in [2.75, 3.05) is 7.11 Å². The zero-order valence-electron chi connectivity index (χ0n) is 9.82. The van der Waals surface area contributed by atoms with Crippen LogP contribution >= 0.6 is 11.6 Å². The minimum atomic E-state index is -0.466. The first-order valence-corrected chi connectivity index (χ1v) is 5.77. The molecule has 96 valence electrons. The smallest absolute Gasteiger partial charge is 0.224 e. The van der Waals surface area contributed by atoms with Gasteiger partial charge in [0.2, 0.25) is 5.28 Å². The van der Waals surface area contributed by atoms with E-state index in [1.54, 1.807) is 12.3 Å². The highest BCUT2D eigenvalue weighted by Crippen LogP contribution is 2.29. The number of benzene rings is 1. The van der Waals surface area contributed by atoms with Crippen molar-refractivity contribution in [2.45, 2.75) is 0 Å². The lowest BCUT2D eigenvalue weighted by Crippen LogP contribution is -1.92. The second-order valence-electron chi connectivity index (χ2n) is 3.82. The molecule has 0 saturated carbocycles. The van der Waals surface area contributed by atoms with E-state index in [1.807, 2.05) is 0 Å². The largest absolute Gasteiger partial charge is 0.494 e. The lowest BCUT2D eigenvalue weighted by atomic mass is 10.1. The van der Waals surface area contributed by atoms with Gasteiger partial charge in [0, 0.05) is 5.56 Å². The van der Waals surface area contributed by atoms with Crippen LogP contribution < -0.4 is 4.74 Å². The predicted octanol–water partition coefficient (Wildman–Crippen LogP) is 2.82. The van der Waals surface area contributed by atoms with Crippen molar-refractivity contribution in [3.8, 4) is 17.0 Å². The zero-order chi connectivity index (χ0) is 13.4. The van der Waals surface area contributed by atoms with Gasteiger partial charge in [-0.3, -0.25) is 5.10 Å². The lowest BCUT2D eigenvalue weighted by molar-refractivity contribution is 0.386. The molecule has 19 heavy (non-hydrogen) atoms. The van der Waals surface area contributed by atoms with Crippen molar-refractivity contribution in [2.24, 2.45) is 0 Å². The third kappa shape index (κ3) is 2.00. The highest BCUT2D eigenvalue weighted by Gasteiger charge is 2.12. The molecule has 1 aromatic carbocycles. The number of nitrogens with zero attached hydrogens (tertiary/aromatic N) is 3. The summed E-state index contributed by atoms with van der Waals surface area (Å²) in [6.07, 6.45) is 1.57. The number of fused-ring (bicyclic) bond motifs is 1. The van der Waals surface area contributed by atoms with Gasteiger partial charge in [0.1, 0.15) is 0 Å². The lowest BCUT2D eigenvalue weighted by Gasteiger charge is -2.06. The van der Waals surface area contributed by atoms with E-state index in [4.69, 9.17) is 16.3 Å². The van der Waals surface area contributed by atoms with Gasteiger partial charge in [0.25, 0.3) is 0 Å². The molecule has 0 aliphatic heterocycles. The Morgan fingerprint density at radius 2 is 2.16 bits per heavy atom. The van der Waals surface area contributed by atoms with E-state index in [0.29, 0.717) is 22.3 Å². The quantitative estimate of drug-likeness (QED) is 0.732. The molecule has 0 saturated heterocycles. The molecule has 1 N–H and O–H groups in total. The molecule has 0 spiro atoms. The van der Waals surface area contributed by atoms with Gasteiger partial charge in [-0.05, 0) is 29.8 Å². The van der Waals surface area contributed by atoms with Crippen molar-refractivity contribution in [3.63, 3.8) is 0 Å². The van der Waals surface area contributed by atoms with Gasteiger partial charge in [-0.2, -0.15) is 10.1 Å². The molecule has 3 aromatic rings. The Morgan fingerprint density at radius 3 is 2.89 bits per heavy atom. The van der Waals surface area contributed by atoms with Gasteiger partial charge in [0.15, 0.2) is 17.2 Å². The molecule has 2 aromatic heterocycles. The number of H-pyrrole nitrogens is 1. The zero-order valence-corrected chi connectivity index (χ0v) is 10.6. The molecule has 0 aliphatic carbocycles. The molecular formula is C12H8ClFN4O.